The van der Waals surface area contributed by atoms with E-state index < -0.39 is 6.04 Å². The molecule has 20 heavy (non-hydrogen) atoms. The highest BCUT2D eigenvalue weighted by molar-refractivity contribution is 5.94. The fraction of sp³-hybridized carbons (Fsp3) is 0.333. The standard InChI is InChI=1S/C15H19N3O2/c1-10(2)7-13(16)15(19)18-12-5-3-11(4-6-12)14-8-17-9-20-14/h3-6,8-10,13H,7,16H2,1-2H3,(H,18,19)/t13-/m1/s1. The SMILES string of the molecule is CC(C)C[C@@H](N)C(=O)Nc1ccc(-c2cnco2)cc1. The van der Waals surface area contributed by atoms with Crippen LogP contribution in [0.2, 0.25) is 0 Å². The monoisotopic (exact) mass is 273 g/mol. The van der Waals surface area contributed by atoms with Crippen molar-refractivity contribution in [3.8, 4) is 11.3 Å². The molecular weight excluding hydrogens is 254 g/mol. The predicted octanol–water partition coefficient (Wildman–Crippen LogP) is 2.65. The van der Waals surface area contributed by atoms with Gasteiger partial charge >= 0.3 is 0 Å². The summed E-state index contributed by atoms with van der Waals surface area (Å²) < 4.78 is 5.20. The Balaban J connectivity index is 1.99. The minimum atomic E-state index is -0.482. The van der Waals surface area contributed by atoms with Crippen LogP contribution in [-0.2, 0) is 4.79 Å². The Labute approximate surface area is 118 Å². The lowest BCUT2D eigenvalue weighted by Crippen LogP contribution is -2.36. The Morgan fingerprint density at radius 3 is 2.60 bits per heavy atom. The van der Waals surface area contributed by atoms with E-state index in [2.05, 4.69) is 10.3 Å². The molecule has 1 heterocycles. The van der Waals surface area contributed by atoms with Gasteiger partial charge in [0, 0.05) is 11.3 Å². The number of amides is 1. The van der Waals surface area contributed by atoms with Crippen LogP contribution in [0.3, 0.4) is 0 Å². The second kappa shape index (κ2) is 6.34. The number of carbonyl (C=O) groups excluding carboxylic acids is 1. The van der Waals surface area contributed by atoms with Gasteiger partial charge in [0.1, 0.15) is 0 Å². The number of oxazole rings is 1. The maximum Gasteiger partial charge on any atom is 0.241 e. The maximum atomic E-state index is 11.9. The average Bonchev–Trinajstić information content (AvgIpc) is 2.92. The van der Waals surface area contributed by atoms with Crippen LogP contribution in [0.4, 0.5) is 5.69 Å². The van der Waals surface area contributed by atoms with Crippen LogP contribution in [0.25, 0.3) is 11.3 Å². The van der Waals surface area contributed by atoms with Crippen molar-refractivity contribution in [1.29, 1.82) is 0 Å². The van der Waals surface area contributed by atoms with E-state index in [0.29, 0.717) is 18.1 Å². The van der Waals surface area contributed by atoms with E-state index >= 15 is 0 Å². The molecule has 5 heteroatoms. The van der Waals surface area contributed by atoms with Crippen LogP contribution in [0.5, 0.6) is 0 Å². The third-order valence-electron chi connectivity index (χ3n) is 2.93. The number of anilines is 1. The second-order valence-electron chi connectivity index (χ2n) is 5.17. The topological polar surface area (TPSA) is 81.2 Å². The van der Waals surface area contributed by atoms with Gasteiger partial charge < -0.3 is 15.5 Å². The first-order chi connectivity index (χ1) is 9.56. The number of carbonyl (C=O) groups is 1. The number of nitrogens with zero attached hydrogens (tertiary/aromatic N) is 1. The normalized spacial score (nSPS) is 12.4. The van der Waals surface area contributed by atoms with Gasteiger partial charge in [0.15, 0.2) is 12.2 Å². The highest BCUT2D eigenvalue weighted by atomic mass is 16.3. The molecule has 3 N–H and O–H groups in total. The summed E-state index contributed by atoms with van der Waals surface area (Å²) in [5, 5.41) is 2.81. The fourth-order valence-electron chi connectivity index (χ4n) is 1.93. The Morgan fingerprint density at radius 1 is 1.35 bits per heavy atom. The molecule has 2 rings (SSSR count). The highest BCUT2D eigenvalue weighted by Crippen LogP contribution is 2.20. The predicted molar refractivity (Wildman–Crippen MR) is 78.0 cm³/mol. The number of aromatic nitrogens is 1. The molecule has 1 aromatic carbocycles. The van der Waals surface area contributed by atoms with Crippen LogP contribution < -0.4 is 11.1 Å². The first kappa shape index (κ1) is 14.3. The summed E-state index contributed by atoms with van der Waals surface area (Å²) in [6.45, 7) is 4.08. The summed E-state index contributed by atoms with van der Waals surface area (Å²) in [6, 6.07) is 6.88. The Hall–Kier alpha value is -2.14. The summed E-state index contributed by atoms with van der Waals surface area (Å²) >= 11 is 0. The largest absolute Gasteiger partial charge is 0.444 e. The van der Waals surface area contributed by atoms with Gasteiger partial charge in [-0.15, -0.1) is 0 Å². The molecule has 0 fully saturated rings. The van der Waals surface area contributed by atoms with Gasteiger partial charge in [-0.25, -0.2) is 4.98 Å². The van der Waals surface area contributed by atoms with Gasteiger partial charge in [-0.1, -0.05) is 13.8 Å². The van der Waals surface area contributed by atoms with Crippen LogP contribution >= 0.6 is 0 Å². The molecule has 0 radical (unpaired) electrons. The molecular formula is C15H19N3O2. The van der Waals surface area contributed by atoms with Gasteiger partial charge in [-0.3, -0.25) is 4.79 Å². The third kappa shape index (κ3) is 3.68. The van der Waals surface area contributed by atoms with Crippen LogP contribution in [0.1, 0.15) is 20.3 Å². The molecule has 1 atom stereocenters. The van der Waals surface area contributed by atoms with Crippen molar-refractivity contribution in [2.24, 2.45) is 11.7 Å². The molecule has 0 saturated carbocycles. The van der Waals surface area contributed by atoms with E-state index in [1.807, 2.05) is 38.1 Å². The minimum Gasteiger partial charge on any atom is -0.444 e. The number of hydrogen-bond acceptors (Lipinski definition) is 4. The summed E-state index contributed by atoms with van der Waals surface area (Å²) in [4.78, 5) is 15.8. The first-order valence-corrected chi connectivity index (χ1v) is 6.61. The Morgan fingerprint density at radius 2 is 2.05 bits per heavy atom. The molecule has 0 spiro atoms. The molecule has 106 valence electrons. The zero-order chi connectivity index (χ0) is 14.5. The van der Waals surface area contributed by atoms with Crippen molar-refractivity contribution in [1.82, 2.24) is 4.98 Å². The van der Waals surface area contributed by atoms with Crippen molar-refractivity contribution in [3.05, 3.63) is 36.9 Å². The summed E-state index contributed by atoms with van der Waals surface area (Å²) in [5.74, 6) is 0.926. The molecule has 1 aromatic heterocycles. The van der Waals surface area contributed by atoms with Gasteiger partial charge in [-0.2, -0.15) is 0 Å². The van der Waals surface area contributed by atoms with Gasteiger partial charge in [0.05, 0.1) is 12.2 Å². The van der Waals surface area contributed by atoms with Crippen molar-refractivity contribution in [2.75, 3.05) is 5.32 Å². The lowest BCUT2D eigenvalue weighted by atomic mass is 10.0. The van der Waals surface area contributed by atoms with Crippen LogP contribution in [-0.4, -0.2) is 16.9 Å². The van der Waals surface area contributed by atoms with E-state index in [-0.39, 0.29) is 5.91 Å². The van der Waals surface area contributed by atoms with Crippen molar-refractivity contribution < 1.29 is 9.21 Å². The zero-order valence-corrected chi connectivity index (χ0v) is 11.7. The fourth-order valence-corrected chi connectivity index (χ4v) is 1.93. The van der Waals surface area contributed by atoms with E-state index in [0.717, 1.165) is 11.3 Å². The molecule has 0 aliphatic carbocycles. The third-order valence-corrected chi connectivity index (χ3v) is 2.93. The van der Waals surface area contributed by atoms with Gasteiger partial charge in [0.2, 0.25) is 5.91 Å². The second-order valence-corrected chi connectivity index (χ2v) is 5.17. The number of rotatable bonds is 5. The highest BCUT2D eigenvalue weighted by Gasteiger charge is 2.15. The lowest BCUT2D eigenvalue weighted by molar-refractivity contribution is -0.117. The van der Waals surface area contributed by atoms with E-state index in [1.54, 1.807) is 6.20 Å². The minimum absolute atomic E-state index is 0.161. The average molecular weight is 273 g/mol. The molecule has 0 aliphatic heterocycles. The summed E-state index contributed by atoms with van der Waals surface area (Å²) in [7, 11) is 0. The van der Waals surface area contributed by atoms with E-state index in [9.17, 15) is 4.79 Å². The van der Waals surface area contributed by atoms with Gasteiger partial charge in [-0.05, 0) is 36.6 Å². The van der Waals surface area contributed by atoms with Crippen molar-refractivity contribution in [3.63, 3.8) is 0 Å². The van der Waals surface area contributed by atoms with Gasteiger partial charge in [0.25, 0.3) is 0 Å². The Kier molecular flexibility index (Phi) is 4.53. The molecule has 5 nitrogen and oxygen atoms in total. The molecule has 1 amide bonds. The molecule has 0 aliphatic rings. The number of nitrogens with two attached hydrogens (primary N) is 1. The zero-order valence-electron chi connectivity index (χ0n) is 11.7. The van der Waals surface area contributed by atoms with Crippen LogP contribution in [0.15, 0.2) is 41.3 Å². The van der Waals surface area contributed by atoms with Crippen molar-refractivity contribution >= 4 is 11.6 Å². The smallest absolute Gasteiger partial charge is 0.241 e. The quantitative estimate of drug-likeness (QED) is 0.877. The molecule has 0 unspecified atom stereocenters. The Bertz CT molecular complexity index is 547. The first-order valence-electron chi connectivity index (χ1n) is 6.61. The molecule has 2 aromatic rings. The molecule has 0 saturated heterocycles. The number of hydrogen-bond donors (Lipinski definition) is 2. The lowest BCUT2D eigenvalue weighted by Gasteiger charge is -2.14. The molecule has 0 bridgehead atoms. The van der Waals surface area contributed by atoms with Crippen LogP contribution in [0, 0.1) is 5.92 Å². The maximum absolute atomic E-state index is 11.9. The number of benzene rings is 1. The van der Waals surface area contributed by atoms with E-state index in [4.69, 9.17) is 10.2 Å². The van der Waals surface area contributed by atoms with Crippen molar-refractivity contribution in [2.45, 2.75) is 26.3 Å². The number of nitrogens with one attached hydrogen (secondary N) is 1. The summed E-state index contributed by atoms with van der Waals surface area (Å²) in [6.07, 6.45) is 3.70. The summed E-state index contributed by atoms with van der Waals surface area (Å²) in [5.41, 5.74) is 7.47. The van der Waals surface area contributed by atoms with E-state index in [1.165, 1.54) is 6.39 Å².